The van der Waals surface area contributed by atoms with Crippen LogP contribution in [0.3, 0.4) is 0 Å². The van der Waals surface area contributed by atoms with Gasteiger partial charge in [0.15, 0.2) is 5.82 Å². The SMILES string of the molecule is Cc1cnc(NCCc2ccc3ccccc3c2)c(=O)n1CC(=O)NCc1cc2cc[nH]c2cn1. The number of aromatic amines is 1. The molecule has 3 aromatic heterocycles. The van der Waals surface area contributed by atoms with E-state index in [1.807, 2.05) is 30.5 Å². The molecule has 0 unspecified atom stereocenters. The third kappa shape index (κ3) is 5.06. The summed E-state index contributed by atoms with van der Waals surface area (Å²) in [6.07, 6.45) is 5.94. The maximum absolute atomic E-state index is 13.0. The van der Waals surface area contributed by atoms with Gasteiger partial charge in [-0.1, -0.05) is 42.5 Å². The van der Waals surface area contributed by atoms with Gasteiger partial charge in [-0.15, -0.1) is 0 Å². The van der Waals surface area contributed by atoms with Gasteiger partial charge >= 0.3 is 0 Å². The van der Waals surface area contributed by atoms with Crippen molar-refractivity contribution in [3.63, 3.8) is 0 Å². The number of fused-ring (bicyclic) bond motifs is 2. The van der Waals surface area contributed by atoms with Crippen molar-refractivity contribution in [3.8, 4) is 0 Å². The van der Waals surface area contributed by atoms with Crippen LogP contribution in [0.5, 0.6) is 0 Å². The van der Waals surface area contributed by atoms with Crippen LogP contribution < -0.4 is 16.2 Å². The van der Waals surface area contributed by atoms with Crippen LogP contribution in [-0.4, -0.2) is 32.0 Å². The number of aryl methyl sites for hydroxylation is 1. The fraction of sp³-hybridized carbons (Fsp3) is 0.185. The maximum atomic E-state index is 13.0. The number of rotatable bonds is 8. The number of pyridine rings is 1. The van der Waals surface area contributed by atoms with E-state index in [2.05, 4.69) is 55.9 Å². The molecule has 2 aromatic carbocycles. The highest BCUT2D eigenvalue weighted by molar-refractivity contribution is 5.83. The van der Waals surface area contributed by atoms with Crippen molar-refractivity contribution in [2.45, 2.75) is 26.4 Å². The molecule has 0 spiro atoms. The highest BCUT2D eigenvalue weighted by Crippen LogP contribution is 2.16. The van der Waals surface area contributed by atoms with E-state index in [9.17, 15) is 9.59 Å². The molecular weight excluding hydrogens is 440 g/mol. The molecule has 1 amide bonds. The third-order valence-corrected chi connectivity index (χ3v) is 6.04. The first-order valence-corrected chi connectivity index (χ1v) is 11.5. The number of anilines is 1. The van der Waals surface area contributed by atoms with E-state index in [0.717, 1.165) is 23.0 Å². The Balaban J connectivity index is 1.20. The standard InChI is InChI=1S/C27H26N6O2/c1-18-14-32-26(29-10-8-19-6-7-20-4-2-3-5-21(20)12-19)27(35)33(18)17-25(34)31-15-23-13-22-9-11-28-24(22)16-30-23/h2-7,9,11-14,16,28H,8,10,15,17H2,1H3,(H,29,32)(H,31,34). The Morgan fingerprint density at radius 1 is 1.00 bits per heavy atom. The van der Waals surface area contributed by atoms with Crippen molar-refractivity contribution >= 4 is 33.4 Å². The lowest BCUT2D eigenvalue weighted by molar-refractivity contribution is -0.121. The zero-order valence-corrected chi connectivity index (χ0v) is 19.4. The van der Waals surface area contributed by atoms with Crippen molar-refractivity contribution in [1.29, 1.82) is 0 Å². The van der Waals surface area contributed by atoms with Gasteiger partial charge in [-0.25, -0.2) is 4.98 Å². The monoisotopic (exact) mass is 466 g/mol. The molecule has 8 nitrogen and oxygen atoms in total. The molecule has 0 aliphatic heterocycles. The van der Waals surface area contributed by atoms with Crippen molar-refractivity contribution in [1.82, 2.24) is 24.8 Å². The molecule has 3 heterocycles. The molecule has 0 saturated heterocycles. The fourth-order valence-corrected chi connectivity index (χ4v) is 4.09. The second-order valence-electron chi connectivity index (χ2n) is 8.52. The minimum Gasteiger partial charge on any atom is -0.365 e. The molecule has 5 aromatic rings. The first-order chi connectivity index (χ1) is 17.1. The van der Waals surface area contributed by atoms with Gasteiger partial charge in [0, 0.05) is 30.0 Å². The Morgan fingerprint density at radius 2 is 1.86 bits per heavy atom. The molecular formula is C27H26N6O2. The summed E-state index contributed by atoms with van der Waals surface area (Å²) in [5, 5.41) is 9.40. The number of H-pyrrole nitrogens is 1. The Morgan fingerprint density at radius 3 is 2.74 bits per heavy atom. The Labute approximate surface area is 202 Å². The van der Waals surface area contributed by atoms with Crippen LogP contribution in [0.1, 0.15) is 17.0 Å². The van der Waals surface area contributed by atoms with Crippen molar-refractivity contribution in [2.75, 3.05) is 11.9 Å². The van der Waals surface area contributed by atoms with Gasteiger partial charge in [-0.05, 0) is 41.8 Å². The number of aromatic nitrogens is 4. The van der Waals surface area contributed by atoms with Crippen LogP contribution in [0.25, 0.3) is 21.7 Å². The second-order valence-corrected chi connectivity index (χ2v) is 8.52. The number of carbonyl (C=O) groups is 1. The van der Waals surface area contributed by atoms with E-state index in [1.165, 1.54) is 20.9 Å². The number of carbonyl (C=O) groups excluding carboxylic acids is 1. The van der Waals surface area contributed by atoms with Gasteiger partial charge in [0.1, 0.15) is 6.54 Å². The molecule has 0 atom stereocenters. The van der Waals surface area contributed by atoms with Crippen molar-refractivity contribution in [2.24, 2.45) is 0 Å². The molecule has 35 heavy (non-hydrogen) atoms. The van der Waals surface area contributed by atoms with E-state index in [4.69, 9.17) is 0 Å². The molecule has 0 bridgehead atoms. The first-order valence-electron chi connectivity index (χ1n) is 11.5. The molecule has 0 aliphatic carbocycles. The second kappa shape index (κ2) is 9.80. The van der Waals surface area contributed by atoms with E-state index < -0.39 is 0 Å². The molecule has 8 heteroatoms. The van der Waals surface area contributed by atoms with Crippen LogP contribution in [0.15, 0.2) is 78.0 Å². The minimum atomic E-state index is -0.314. The van der Waals surface area contributed by atoms with Gasteiger partial charge in [0.25, 0.3) is 5.56 Å². The van der Waals surface area contributed by atoms with Crippen LogP contribution in [0.4, 0.5) is 5.82 Å². The number of benzene rings is 2. The molecule has 5 rings (SSSR count). The van der Waals surface area contributed by atoms with Crippen LogP contribution >= 0.6 is 0 Å². The summed E-state index contributed by atoms with van der Waals surface area (Å²) in [5.74, 6) is -0.0248. The van der Waals surface area contributed by atoms with Crippen LogP contribution in [0, 0.1) is 6.92 Å². The lowest BCUT2D eigenvalue weighted by atomic mass is 10.1. The smallest absolute Gasteiger partial charge is 0.293 e. The van der Waals surface area contributed by atoms with Crippen molar-refractivity contribution < 1.29 is 4.79 Å². The predicted octanol–water partition coefficient (Wildman–Crippen LogP) is 3.55. The van der Waals surface area contributed by atoms with E-state index in [0.29, 0.717) is 12.2 Å². The van der Waals surface area contributed by atoms with Gasteiger partial charge < -0.3 is 15.6 Å². The molecule has 3 N–H and O–H groups in total. The lowest BCUT2D eigenvalue weighted by Crippen LogP contribution is -2.34. The summed E-state index contributed by atoms with van der Waals surface area (Å²) in [6, 6.07) is 18.5. The molecule has 0 aliphatic rings. The molecule has 176 valence electrons. The normalized spacial score (nSPS) is 11.1. The predicted molar refractivity (Wildman–Crippen MR) is 137 cm³/mol. The van der Waals surface area contributed by atoms with E-state index in [-0.39, 0.29) is 30.4 Å². The summed E-state index contributed by atoms with van der Waals surface area (Å²) < 4.78 is 1.43. The summed E-state index contributed by atoms with van der Waals surface area (Å²) in [4.78, 5) is 37.2. The Bertz CT molecular complexity index is 1570. The topological polar surface area (TPSA) is 105 Å². The number of nitrogens with one attached hydrogen (secondary N) is 3. The summed E-state index contributed by atoms with van der Waals surface area (Å²) in [5.41, 5.74) is 3.18. The van der Waals surface area contributed by atoms with Crippen LogP contribution in [0.2, 0.25) is 0 Å². The zero-order valence-electron chi connectivity index (χ0n) is 19.4. The fourth-order valence-electron chi connectivity index (χ4n) is 4.09. The third-order valence-electron chi connectivity index (χ3n) is 6.04. The number of amides is 1. The summed E-state index contributed by atoms with van der Waals surface area (Å²) >= 11 is 0. The van der Waals surface area contributed by atoms with E-state index in [1.54, 1.807) is 19.3 Å². The Kier molecular flexibility index (Phi) is 6.26. The summed E-state index contributed by atoms with van der Waals surface area (Å²) in [6.45, 7) is 2.53. The van der Waals surface area contributed by atoms with E-state index >= 15 is 0 Å². The lowest BCUT2D eigenvalue weighted by Gasteiger charge is -2.13. The number of nitrogens with zero attached hydrogens (tertiary/aromatic N) is 3. The highest BCUT2D eigenvalue weighted by atomic mass is 16.2. The van der Waals surface area contributed by atoms with Gasteiger partial charge in [0.05, 0.1) is 24.0 Å². The quantitative estimate of drug-likeness (QED) is 0.324. The van der Waals surface area contributed by atoms with Crippen LogP contribution in [-0.2, 0) is 24.3 Å². The molecule has 0 radical (unpaired) electrons. The first kappa shape index (κ1) is 22.3. The maximum Gasteiger partial charge on any atom is 0.293 e. The zero-order chi connectivity index (χ0) is 24.2. The highest BCUT2D eigenvalue weighted by Gasteiger charge is 2.12. The average molecular weight is 467 g/mol. The van der Waals surface area contributed by atoms with Gasteiger partial charge in [-0.2, -0.15) is 0 Å². The number of hydrogen-bond acceptors (Lipinski definition) is 5. The Hall–Kier alpha value is -4.46. The largest absolute Gasteiger partial charge is 0.365 e. The number of hydrogen-bond donors (Lipinski definition) is 3. The van der Waals surface area contributed by atoms with Gasteiger partial charge in [0.2, 0.25) is 5.91 Å². The average Bonchev–Trinajstić information content (AvgIpc) is 3.34. The minimum absolute atomic E-state index is 0.0844. The molecule has 0 saturated carbocycles. The summed E-state index contributed by atoms with van der Waals surface area (Å²) in [7, 11) is 0. The van der Waals surface area contributed by atoms with Gasteiger partial charge in [-0.3, -0.25) is 19.1 Å². The van der Waals surface area contributed by atoms with Crippen molar-refractivity contribution in [3.05, 3.63) is 100 Å². The molecule has 0 fully saturated rings.